The molecular weight excluding hydrogens is 291 g/mol. The van der Waals surface area contributed by atoms with Crippen LogP contribution in [0.1, 0.15) is 21.6 Å². The lowest BCUT2D eigenvalue weighted by Crippen LogP contribution is -2.06. The Balaban J connectivity index is 1.76. The van der Waals surface area contributed by atoms with E-state index in [0.717, 1.165) is 16.8 Å². The first-order chi connectivity index (χ1) is 11.1. The number of carbonyl (C=O) groups is 1. The van der Waals surface area contributed by atoms with Crippen LogP contribution >= 0.6 is 0 Å². The monoisotopic (exact) mass is 306 g/mol. The van der Waals surface area contributed by atoms with E-state index in [4.69, 9.17) is 0 Å². The first-order valence-corrected chi connectivity index (χ1v) is 7.31. The summed E-state index contributed by atoms with van der Waals surface area (Å²) in [5.74, 6) is -0.466. The molecule has 0 bridgehead atoms. The molecule has 3 nitrogen and oxygen atoms in total. The van der Waals surface area contributed by atoms with Crippen LogP contribution < -0.4 is 0 Å². The van der Waals surface area contributed by atoms with Gasteiger partial charge in [0.1, 0.15) is 5.82 Å². The summed E-state index contributed by atoms with van der Waals surface area (Å²) in [6.07, 6.45) is 0.146. The molecule has 0 amide bonds. The molecule has 0 spiro atoms. The molecule has 0 aliphatic rings. The van der Waals surface area contributed by atoms with Gasteiger partial charge in [-0.3, -0.25) is 4.79 Å². The van der Waals surface area contributed by atoms with Crippen molar-refractivity contribution in [2.24, 2.45) is 0 Å². The van der Waals surface area contributed by atoms with Gasteiger partial charge in [-0.15, -0.1) is 0 Å². The van der Waals surface area contributed by atoms with Gasteiger partial charge >= 0.3 is 0 Å². The number of carbonyl (C=O) groups excluding carboxylic acids is 1. The minimum atomic E-state index is -0.357. The quantitative estimate of drug-likeness (QED) is 0.684. The smallest absolute Gasteiger partial charge is 0.168 e. The van der Waals surface area contributed by atoms with Crippen LogP contribution in [-0.2, 0) is 6.42 Å². The molecule has 3 aromatic rings. The number of halogens is 1. The zero-order valence-corrected chi connectivity index (χ0v) is 12.7. The van der Waals surface area contributed by atoms with Crippen molar-refractivity contribution in [1.29, 1.82) is 0 Å². The van der Waals surface area contributed by atoms with E-state index >= 15 is 0 Å². The molecule has 0 unspecified atom stereocenters. The van der Waals surface area contributed by atoms with Crippen LogP contribution in [0.3, 0.4) is 0 Å². The first-order valence-electron chi connectivity index (χ1n) is 7.31. The Labute approximate surface area is 133 Å². The molecule has 114 valence electrons. The van der Waals surface area contributed by atoms with Gasteiger partial charge in [-0.25, -0.2) is 4.39 Å². The lowest BCUT2D eigenvalue weighted by Gasteiger charge is -2.05. The van der Waals surface area contributed by atoms with Gasteiger partial charge in [-0.2, -0.15) is 10.2 Å². The van der Waals surface area contributed by atoms with Crippen molar-refractivity contribution in [2.75, 3.05) is 0 Å². The van der Waals surface area contributed by atoms with Crippen LogP contribution in [0.4, 0.5) is 4.39 Å². The van der Waals surface area contributed by atoms with Crippen molar-refractivity contribution in [1.82, 2.24) is 10.2 Å². The molecule has 0 aliphatic carbocycles. The molecular formula is C19H15FN2O. The van der Waals surface area contributed by atoms with Gasteiger partial charge in [0.15, 0.2) is 5.78 Å². The fourth-order valence-corrected chi connectivity index (χ4v) is 2.36. The largest absolute Gasteiger partial charge is 0.294 e. The van der Waals surface area contributed by atoms with Crippen molar-refractivity contribution in [2.45, 2.75) is 13.3 Å². The maximum absolute atomic E-state index is 12.9. The lowest BCUT2D eigenvalue weighted by atomic mass is 10.0. The Morgan fingerprint density at radius 2 is 1.70 bits per heavy atom. The predicted molar refractivity (Wildman–Crippen MR) is 86.6 cm³/mol. The van der Waals surface area contributed by atoms with E-state index in [1.165, 1.54) is 24.3 Å². The van der Waals surface area contributed by atoms with E-state index in [0.29, 0.717) is 11.3 Å². The summed E-state index contributed by atoms with van der Waals surface area (Å²) in [5, 5.41) is 8.34. The molecule has 3 rings (SSSR count). The summed E-state index contributed by atoms with van der Waals surface area (Å²) in [6.45, 7) is 2.02. The summed E-state index contributed by atoms with van der Waals surface area (Å²) >= 11 is 0. The first kappa shape index (κ1) is 15.0. The average Bonchev–Trinajstić information content (AvgIpc) is 2.57. The number of hydrogen-bond donors (Lipinski definition) is 0. The standard InChI is InChI=1S/C19H15FN2O/c1-13-4-2-3-5-17(13)18-11-10-16(21-22-18)12-19(23)14-6-8-15(20)9-7-14/h2-11H,12H2,1H3. The van der Waals surface area contributed by atoms with E-state index in [-0.39, 0.29) is 18.0 Å². The fraction of sp³-hybridized carbons (Fsp3) is 0.105. The molecule has 0 atom stereocenters. The zero-order chi connectivity index (χ0) is 16.2. The fourth-order valence-electron chi connectivity index (χ4n) is 2.36. The molecule has 0 radical (unpaired) electrons. The number of Topliss-reactive ketones (excluding diaryl/α,β-unsaturated/α-hetero) is 1. The molecule has 23 heavy (non-hydrogen) atoms. The third-order valence-electron chi connectivity index (χ3n) is 3.65. The van der Waals surface area contributed by atoms with E-state index < -0.39 is 0 Å². The second-order valence-corrected chi connectivity index (χ2v) is 5.33. The zero-order valence-electron chi connectivity index (χ0n) is 12.7. The molecule has 2 aromatic carbocycles. The van der Waals surface area contributed by atoms with E-state index in [1.807, 2.05) is 37.3 Å². The lowest BCUT2D eigenvalue weighted by molar-refractivity contribution is 0.0991. The number of hydrogen-bond acceptors (Lipinski definition) is 3. The normalized spacial score (nSPS) is 10.5. The highest BCUT2D eigenvalue weighted by molar-refractivity contribution is 5.97. The van der Waals surface area contributed by atoms with Crippen LogP contribution in [0.2, 0.25) is 0 Å². The highest BCUT2D eigenvalue weighted by atomic mass is 19.1. The molecule has 0 saturated carbocycles. The Kier molecular flexibility index (Phi) is 4.24. The Bertz CT molecular complexity index is 827. The molecule has 4 heteroatoms. The second kappa shape index (κ2) is 6.48. The summed E-state index contributed by atoms with van der Waals surface area (Å²) in [4.78, 5) is 12.1. The van der Waals surface area contributed by atoms with E-state index in [2.05, 4.69) is 10.2 Å². The molecule has 1 heterocycles. The third kappa shape index (κ3) is 3.48. The van der Waals surface area contributed by atoms with Gasteiger partial charge in [-0.05, 0) is 48.9 Å². The third-order valence-corrected chi connectivity index (χ3v) is 3.65. The Hall–Kier alpha value is -2.88. The Morgan fingerprint density at radius 1 is 0.957 bits per heavy atom. The van der Waals surface area contributed by atoms with Crippen LogP contribution in [0.25, 0.3) is 11.3 Å². The van der Waals surface area contributed by atoms with E-state index in [1.54, 1.807) is 6.07 Å². The van der Waals surface area contributed by atoms with Crippen LogP contribution in [-0.4, -0.2) is 16.0 Å². The number of nitrogens with zero attached hydrogens (tertiary/aromatic N) is 2. The second-order valence-electron chi connectivity index (χ2n) is 5.33. The van der Waals surface area contributed by atoms with Crippen molar-refractivity contribution in [3.8, 4) is 11.3 Å². The van der Waals surface area contributed by atoms with Gasteiger partial charge in [0, 0.05) is 11.1 Å². The number of aryl methyl sites for hydroxylation is 1. The average molecular weight is 306 g/mol. The van der Waals surface area contributed by atoms with Crippen molar-refractivity contribution in [3.05, 3.63) is 83.3 Å². The summed E-state index contributed by atoms with van der Waals surface area (Å²) in [6, 6.07) is 17.1. The maximum atomic E-state index is 12.9. The minimum Gasteiger partial charge on any atom is -0.294 e. The Morgan fingerprint density at radius 3 is 2.35 bits per heavy atom. The van der Waals surface area contributed by atoms with Crippen LogP contribution in [0, 0.1) is 12.7 Å². The SMILES string of the molecule is Cc1ccccc1-c1ccc(CC(=O)c2ccc(F)cc2)nn1. The van der Waals surface area contributed by atoms with Gasteiger partial charge in [0.2, 0.25) is 0 Å². The highest BCUT2D eigenvalue weighted by Crippen LogP contribution is 2.20. The number of rotatable bonds is 4. The minimum absolute atomic E-state index is 0.108. The molecule has 0 N–H and O–H groups in total. The van der Waals surface area contributed by atoms with Gasteiger partial charge in [-0.1, -0.05) is 24.3 Å². The predicted octanol–water partition coefficient (Wildman–Crippen LogP) is 4.02. The molecule has 0 saturated heterocycles. The number of aromatic nitrogens is 2. The summed E-state index contributed by atoms with van der Waals surface area (Å²) < 4.78 is 12.9. The molecule has 0 aliphatic heterocycles. The summed E-state index contributed by atoms with van der Waals surface area (Å²) in [5.41, 5.74) is 3.99. The van der Waals surface area contributed by atoms with Crippen molar-refractivity contribution < 1.29 is 9.18 Å². The maximum Gasteiger partial charge on any atom is 0.168 e. The number of benzene rings is 2. The summed E-state index contributed by atoms with van der Waals surface area (Å²) in [7, 11) is 0. The molecule has 0 fully saturated rings. The number of ketones is 1. The van der Waals surface area contributed by atoms with Gasteiger partial charge < -0.3 is 0 Å². The molecule has 1 aromatic heterocycles. The van der Waals surface area contributed by atoms with Crippen molar-refractivity contribution in [3.63, 3.8) is 0 Å². The van der Waals surface area contributed by atoms with Crippen LogP contribution in [0.15, 0.2) is 60.7 Å². The topological polar surface area (TPSA) is 42.9 Å². The van der Waals surface area contributed by atoms with E-state index in [9.17, 15) is 9.18 Å². The highest BCUT2D eigenvalue weighted by Gasteiger charge is 2.10. The van der Waals surface area contributed by atoms with Gasteiger partial charge in [0.25, 0.3) is 0 Å². The van der Waals surface area contributed by atoms with Crippen molar-refractivity contribution >= 4 is 5.78 Å². The van der Waals surface area contributed by atoms with Gasteiger partial charge in [0.05, 0.1) is 17.8 Å². The van der Waals surface area contributed by atoms with Crippen LogP contribution in [0.5, 0.6) is 0 Å².